The first-order chi connectivity index (χ1) is 20.9. The van der Waals surface area contributed by atoms with Crippen molar-refractivity contribution < 1.29 is 0 Å². The molecule has 0 N–H and O–H groups in total. The van der Waals surface area contributed by atoms with Crippen LogP contribution in [0, 0.1) is 0 Å². The zero-order valence-corrected chi connectivity index (χ0v) is 22.8. The van der Waals surface area contributed by atoms with Crippen molar-refractivity contribution in [2.75, 3.05) is 0 Å². The Labute approximate surface area is 241 Å². The number of fused-ring (bicyclic) bond motifs is 8. The molecule has 0 amide bonds. The van der Waals surface area contributed by atoms with Crippen molar-refractivity contribution in [1.29, 1.82) is 0 Å². The Morgan fingerprint density at radius 3 is 1.17 bits per heavy atom. The van der Waals surface area contributed by atoms with E-state index >= 15 is 0 Å². The first-order valence-electron chi connectivity index (χ1n) is 14.5. The number of rotatable bonds is 2. The highest BCUT2D eigenvalue weighted by atomic mass is 15.0. The predicted molar refractivity (Wildman–Crippen MR) is 179 cm³/mol. The van der Waals surface area contributed by atoms with Gasteiger partial charge in [-0.15, -0.1) is 0 Å². The average molecular weight is 533 g/mol. The normalized spacial score (nSPS) is 12.3. The van der Waals surface area contributed by atoms with Gasteiger partial charge in [-0.25, -0.2) is 0 Å². The molecule has 42 heavy (non-hydrogen) atoms. The van der Waals surface area contributed by atoms with Gasteiger partial charge in [-0.05, 0) is 70.1 Å². The molecule has 0 aliphatic heterocycles. The molecule has 10 rings (SSSR count). The van der Waals surface area contributed by atoms with Crippen LogP contribution in [-0.4, -0.2) is 9.13 Å². The second-order valence-corrected chi connectivity index (χ2v) is 11.3. The SMILES string of the molecule is c1ccc(-n2c3ccccc3c3cc4ccc5c6c(ccc(c46)c32)cc2c3ccccc3n(-c3ccccc3)c25)cc1. The predicted octanol–water partition coefficient (Wildman–Crippen LogP) is 10.8. The third-order valence-corrected chi connectivity index (χ3v) is 9.19. The fourth-order valence-corrected chi connectivity index (χ4v) is 7.54. The summed E-state index contributed by atoms with van der Waals surface area (Å²) in [5, 5.41) is 13.0. The highest BCUT2D eigenvalue weighted by molar-refractivity contribution is 6.35. The van der Waals surface area contributed by atoms with Crippen molar-refractivity contribution in [3.63, 3.8) is 0 Å². The van der Waals surface area contributed by atoms with E-state index in [2.05, 4.69) is 155 Å². The molecule has 0 aliphatic rings. The van der Waals surface area contributed by atoms with Crippen molar-refractivity contribution in [3.05, 3.63) is 146 Å². The van der Waals surface area contributed by atoms with Crippen LogP contribution in [0.2, 0.25) is 0 Å². The summed E-state index contributed by atoms with van der Waals surface area (Å²) < 4.78 is 4.90. The molecule has 194 valence electrons. The largest absolute Gasteiger partial charge is 0.309 e. The Morgan fingerprint density at radius 1 is 0.310 bits per heavy atom. The Morgan fingerprint density at radius 2 is 0.714 bits per heavy atom. The highest BCUT2D eigenvalue weighted by Gasteiger charge is 2.21. The van der Waals surface area contributed by atoms with Crippen molar-refractivity contribution in [1.82, 2.24) is 9.13 Å². The van der Waals surface area contributed by atoms with Crippen molar-refractivity contribution >= 4 is 75.9 Å². The molecule has 10 aromatic rings. The summed E-state index contributed by atoms with van der Waals surface area (Å²) >= 11 is 0. The Bertz CT molecular complexity index is 2470. The van der Waals surface area contributed by atoms with Gasteiger partial charge in [-0.3, -0.25) is 0 Å². The monoisotopic (exact) mass is 532 g/mol. The molecular formula is C40H24N2. The summed E-state index contributed by atoms with van der Waals surface area (Å²) in [6.45, 7) is 0. The van der Waals surface area contributed by atoms with Crippen LogP contribution in [0.5, 0.6) is 0 Å². The minimum absolute atomic E-state index is 1.19. The summed E-state index contributed by atoms with van der Waals surface area (Å²) in [6, 6.07) is 53.4. The second kappa shape index (κ2) is 7.99. The van der Waals surface area contributed by atoms with Gasteiger partial charge < -0.3 is 9.13 Å². The van der Waals surface area contributed by atoms with E-state index in [1.807, 2.05) is 0 Å². The second-order valence-electron chi connectivity index (χ2n) is 11.3. The van der Waals surface area contributed by atoms with Gasteiger partial charge in [0.2, 0.25) is 0 Å². The lowest BCUT2D eigenvalue weighted by molar-refractivity contribution is 1.19. The molecule has 0 aliphatic carbocycles. The summed E-state index contributed by atoms with van der Waals surface area (Å²) in [6.07, 6.45) is 0. The van der Waals surface area contributed by atoms with Gasteiger partial charge in [0.1, 0.15) is 0 Å². The van der Waals surface area contributed by atoms with Gasteiger partial charge in [0, 0.05) is 43.7 Å². The molecule has 2 aromatic heterocycles. The van der Waals surface area contributed by atoms with E-state index in [0.717, 1.165) is 0 Å². The number of hydrogen-bond donors (Lipinski definition) is 0. The fraction of sp³-hybridized carbons (Fsp3) is 0. The number of hydrogen-bond acceptors (Lipinski definition) is 0. The van der Waals surface area contributed by atoms with Crippen LogP contribution in [0.25, 0.3) is 87.3 Å². The number of para-hydroxylation sites is 4. The Hall–Kier alpha value is -5.60. The summed E-state index contributed by atoms with van der Waals surface area (Å²) in [7, 11) is 0. The third-order valence-electron chi connectivity index (χ3n) is 9.19. The molecule has 0 radical (unpaired) electrons. The van der Waals surface area contributed by atoms with Crippen LogP contribution in [0.3, 0.4) is 0 Å². The van der Waals surface area contributed by atoms with E-state index < -0.39 is 0 Å². The molecule has 0 bridgehead atoms. The van der Waals surface area contributed by atoms with Crippen molar-refractivity contribution in [3.8, 4) is 11.4 Å². The molecule has 2 heterocycles. The topological polar surface area (TPSA) is 9.86 Å². The smallest absolute Gasteiger partial charge is 0.0620 e. The zero-order chi connectivity index (χ0) is 27.4. The molecule has 0 saturated carbocycles. The summed E-state index contributed by atoms with van der Waals surface area (Å²) in [5.41, 5.74) is 7.39. The number of benzene rings is 8. The Balaban J connectivity index is 1.45. The maximum Gasteiger partial charge on any atom is 0.0620 e. The van der Waals surface area contributed by atoms with Crippen LogP contribution in [0.15, 0.2) is 146 Å². The molecule has 0 fully saturated rings. The lowest BCUT2D eigenvalue weighted by atomic mass is 9.91. The van der Waals surface area contributed by atoms with E-state index in [4.69, 9.17) is 0 Å². The van der Waals surface area contributed by atoms with Gasteiger partial charge in [0.25, 0.3) is 0 Å². The van der Waals surface area contributed by atoms with E-state index in [0.29, 0.717) is 0 Å². The molecular weight excluding hydrogens is 508 g/mol. The highest BCUT2D eigenvalue weighted by Crippen LogP contribution is 2.46. The molecule has 2 nitrogen and oxygen atoms in total. The first kappa shape index (κ1) is 22.1. The molecule has 8 aromatic carbocycles. The van der Waals surface area contributed by atoms with Crippen molar-refractivity contribution in [2.45, 2.75) is 0 Å². The maximum absolute atomic E-state index is 2.45. The molecule has 0 unspecified atom stereocenters. The minimum Gasteiger partial charge on any atom is -0.309 e. The van der Waals surface area contributed by atoms with E-state index in [9.17, 15) is 0 Å². The van der Waals surface area contributed by atoms with Crippen LogP contribution in [-0.2, 0) is 0 Å². The standard InChI is InChI=1S/C40H24N2/c1-3-11-27(12-4-1)41-35-17-9-7-15-29(35)33-23-25-20-22-32-38-26(19-21-31(37(25)38)39(33)41)24-34-30-16-8-10-18-36(30)42(40(32)34)28-13-5-2-6-14-28/h1-24H. The maximum atomic E-state index is 2.45. The van der Waals surface area contributed by atoms with E-state index in [1.54, 1.807) is 0 Å². The minimum atomic E-state index is 1.19. The third kappa shape index (κ3) is 2.74. The lowest BCUT2D eigenvalue weighted by Gasteiger charge is -2.16. The summed E-state index contributed by atoms with van der Waals surface area (Å²) in [5.74, 6) is 0. The van der Waals surface area contributed by atoms with Gasteiger partial charge in [-0.2, -0.15) is 0 Å². The lowest BCUT2D eigenvalue weighted by Crippen LogP contribution is -1.96. The number of aromatic nitrogens is 2. The summed E-state index contributed by atoms with van der Waals surface area (Å²) in [4.78, 5) is 0. The number of nitrogens with zero attached hydrogens (tertiary/aromatic N) is 2. The van der Waals surface area contributed by atoms with Crippen LogP contribution < -0.4 is 0 Å². The van der Waals surface area contributed by atoms with Crippen LogP contribution in [0.4, 0.5) is 0 Å². The molecule has 2 heteroatoms. The first-order valence-corrected chi connectivity index (χ1v) is 14.5. The zero-order valence-electron chi connectivity index (χ0n) is 22.8. The molecule has 0 atom stereocenters. The fourth-order valence-electron chi connectivity index (χ4n) is 7.54. The van der Waals surface area contributed by atoms with Gasteiger partial charge in [0.05, 0.1) is 22.1 Å². The van der Waals surface area contributed by atoms with Gasteiger partial charge in [0.15, 0.2) is 0 Å². The van der Waals surface area contributed by atoms with Gasteiger partial charge in [-0.1, -0.05) is 97.1 Å². The molecule has 0 spiro atoms. The van der Waals surface area contributed by atoms with E-state index in [-0.39, 0.29) is 0 Å². The average Bonchev–Trinajstić information content (AvgIpc) is 3.57. The van der Waals surface area contributed by atoms with Crippen molar-refractivity contribution in [2.24, 2.45) is 0 Å². The molecule has 0 saturated heterocycles. The van der Waals surface area contributed by atoms with Crippen LogP contribution in [0.1, 0.15) is 0 Å². The van der Waals surface area contributed by atoms with Gasteiger partial charge >= 0.3 is 0 Å². The quantitative estimate of drug-likeness (QED) is 0.196. The van der Waals surface area contributed by atoms with Crippen LogP contribution >= 0.6 is 0 Å². The Kier molecular flexibility index (Phi) is 4.21. The van der Waals surface area contributed by atoms with E-state index in [1.165, 1.54) is 87.3 Å².